The number of carbonyl (C=O) groups excluding carboxylic acids is 1. The van der Waals surface area contributed by atoms with Crippen LogP contribution in [-0.2, 0) is 11.2 Å². The van der Waals surface area contributed by atoms with E-state index in [0.717, 1.165) is 24.1 Å². The number of aromatic nitrogens is 1. The Morgan fingerprint density at radius 3 is 2.48 bits per heavy atom. The lowest BCUT2D eigenvalue weighted by Gasteiger charge is -2.20. The zero-order valence-corrected chi connectivity index (χ0v) is 13.7. The molecule has 5 nitrogen and oxygen atoms in total. The molecule has 21 heavy (non-hydrogen) atoms. The Hall–Kier alpha value is -1.62. The Morgan fingerprint density at radius 2 is 2.00 bits per heavy atom. The van der Waals surface area contributed by atoms with E-state index >= 15 is 0 Å². The summed E-state index contributed by atoms with van der Waals surface area (Å²) >= 11 is 0. The molecule has 1 atom stereocenters. The van der Waals surface area contributed by atoms with Crippen molar-refractivity contribution in [2.45, 2.75) is 39.7 Å². The molecule has 0 fully saturated rings. The third-order valence-corrected chi connectivity index (χ3v) is 3.58. The van der Waals surface area contributed by atoms with Crippen LogP contribution in [0.15, 0.2) is 17.1 Å². The van der Waals surface area contributed by atoms with Gasteiger partial charge in [-0.25, -0.2) is 0 Å². The van der Waals surface area contributed by atoms with Crippen LogP contribution in [0, 0.1) is 12.8 Å². The fraction of sp³-hybridized carbons (Fsp3) is 0.625. The lowest BCUT2D eigenvalue weighted by molar-refractivity contribution is -0.121. The summed E-state index contributed by atoms with van der Waals surface area (Å²) in [7, 11) is 4.02. The van der Waals surface area contributed by atoms with Crippen molar-refractivity contribution in [1.82, 2.24) is 9.47 Å². The fourth-order valence-corrected chi connectivity index (χ4v) is 2.35. The zero-order chi connectivity index (χ0) is 16.2. The van der Waals surface area contributed by atoms with Crippen molar-refractivity contribution >= 4 is 5.91 Å². The van der Waals surface area contributed by atoms with Gasteiger partial charge in [0.15, 0.2) is 0 Å². The summed E-state index contributed by atoms with van der Waals surface area (Å²) in [5.74, 6) is -0.158. The molecular formula is C16H27N3O2. The second-order valence-electron chi connectivity index (χ2n) is 6.33. The average molecular weight is 293 g/mol. The number of nitrogens with two attached hydrogens (primary N) is 1. The Bertz CT molecular complexity index is 547. The number of likely N-dealkylation sites (N-methyl/N-ethyl adjacent to an activating group) is 1. The van der Waals surface area contributed by atoms with Gasteiger partial charge in [-0.3, -0.25) is 9.59 Å². The van der Waals surface area contributed by atoms with Crippen molar-refractivity contribution in [2.24, 2.45) is 11.7 Å². The van der Waals surface area contributed by atoms with Gasteiger partial charge in [0.1, 0.15) is 6.04 Å². The molecular weight excluding hydrogens is 266 g/mol. The predicted molar refractivity (Wildman–Crippen MR) is 85.4 cm³/mol. The molecule has 0 saturated carbocycles. The molecule has 1 aromatic rings. The van der Waals surface area contributed by atoms with Crippen molar-refractivity contribution in [1.29, 1.82) is 0 Å². The minimum atomic E-state index is -0.573. The van der Waals surface area contributed by atoms with Crippen LogP contribution in [0.4, 0.5) is 0 Å². The molecule has 5 heteroatoms. The number of hydrogen-bond acceptors (Lipinski definition) is 3. The van der Waals surface area contributed by atoms with E-state index < -0.39 is 11.9 Å². The van der Waals surface area contributed by atoms with Gasteiger partial charge < -0.3 is 15.2 Å². The summed E-state index contributed by atoms with van der Waals surface area (Å²) < 4.78 is 1.50. The molecule has 1 aromatic heterocycles. The van der Waals surface area contributed by atoms with E-state index in [0.29, 0.717) is 12.3 Å². The van der Waals surface area contributed by atoms with Gasteiger partial charge in [-0.2, -0.15) is 0 Å². The standard InChI is InChI=1S/C16H27N3O2/c1-11(2)8-14(16(17)21)19-10-13(6-7-18(4)5)12(3)9-15(19)20/h9-11,14H,6-8H2,1-5H3,(H2,17,21). The van der Waals surface area contributed by atoms with Crippen LogP contribution in [-0.4, -0.2) is 36.0 Å². The molecule has 0 bridgehead atoms. The maximum Gasteiger partial charge on any atom is 0.251 e. The van der Waals surface area contributed by atoms with E-state index in [1.165, 1.54) is 4.57 Å². The second kappa shape index (κ2) is 7.41. The largest absolute Gasteiger partial charge is 0.368 e. The highest BCUT2D eigenvalue weighted by Gasteiger charge is 2.20. The van der Waals surface area contributed by atoms with Gasteiger partial charge in [-0.1, -0.05) is 13.8 Å². The number of rotatable bonds is 7. The molecule has 0 aromatic carbocycles. The molecule has 1 unspecified atom stereocenters. The molecule has 0 saturated heterocycles. The number of carbonyl (C=O) groups is 1. The Labute approximate surface area is 126 Å². The highest BCUT2D eigenvalue weighted by atomic mass is 16.2. The minimum absolute atomic E-state index is 0.162. The molecule has 0 aliphatic rings. The quantitative estimate of drug-likeness (QED) is 0.824. The number of aryl methyl sites for hydroxylation is 1. The smallest absolute Gasteiger partial charge is 0.251 e. The summed E-state index contributed by atoms with van der Waals surface area (Å²) in [6, 6.07) is 1.03. The lowest BCUT2D eigenvalue weighted by Crippen LogP contribution is -2.35. The number of primary amides is 1. The van der Waals surface area contributed by atoms with E-state index in [-0.39, 0.29) is 5.56 Å². The Balaban J connectivity index is 3.18. The van der Waals surface area contributed by atoms with Gasteiger partial charge in [0.25, 0.3) is 5.56 Å². The van der Waals surface area contributed by atoms with E-state index in [1.54, 1.807) is 12.3 Å². The monoisotopic (exact) mass is 293 g/mol. The van der Waals surface area contributed by atoms with Gasteiger partial charge in [-0.05, 0) is 50.9 Å². The molecule has 0 radical (unpaired) electrons. The van der Waals surface area contributed by atoms with Crippen LogP contribution in [0.5, 0.6) is 0 Å². The van der Waals surface area contributed by atoms with E-state index in [2.05, 4.69) is 4.90 Å². The maximum absolute atomic E-state index is 12.2. The molecule has 1 amide bonds. The second-order valence-corrected chi connectivity index (χ2v) is 6.33. The third-order valence-electron chi connectivity index (χ3n) is 3.58. The van der Waals surface area contributed by atoms with Gasteiger partial charge in [0.2, 0.25) is 5.91 Å². The first kappa shape index (κ1) is 17.4. The highest BCUT2D eigenvalue weighted by molar-refractivity contribution is 5.78. The zero-order valence-electron chi connectivity index (χ0n) is 13.7. The summed E-state index contributed by atoms with van der Waals surface area (Å²) in [6.07, 6.45) is 3.22. The summed E-state index contributed by atoms with van der Waals surface area (Å²) in [5.41, 5.74) is 7.37. The van der Waals surface area contributed by atoms with Crippen LogP contribution in [0.3, 0.4) is 0 Å². The van der Waals surface area contributed by atoms with Gasteiger partial charge in [0.05, 0.1) is 0 Å². The lowest BCUT2D eigenvalue weighted by atomic mass is 10.0. The first-order valence-electron chi connectivity index (χ1n) is 7.38. The molecule has 1 rings (SSSR count). The minimum Gasteiger partial charge on any atom is -0.368 e. The SMILES string of the molecule is Cc1cc(=O)n(C(CC(C)C)C(N)=O)cc1CCN(C)C. The van der Waals surface area contributed by atoms with Crippen molar-refractivity contribution in [3.8, 4) is 0 Å². The van der Waals surface area contributed by atoms with Crippen molar-refractivity contribution in [3.63, 3.8) is 0 Å². The van der Waals surface area contributed by atoms with Crippen LogP contribution in [0.2, 0.25) is 0 Å². The first-order valence-corrected chi connectivity index (χ1v) is 7.38. The van der Waals surface area contributed by atoms with Crippen molar-refractivity contribution in [3.05, 3.63) is 33.7 Å². The van der Waals surface area contributed by atoms with Gasteiger partial charge in [0, 0.05) is 18.8 Å². The number of amides is 1. The molecule has 2 N–H and O–H groups in total. The summed E-state index contributed by atoms with van der Waals surface area (Å²) in [4.78, 5) is 26.0. The molecule has 1 heterocycles. The number of hydrogen-bond donors (Lipinski definition) is 1. The normalized spacial score (nSPS) is 12.9. The highest BCUT2D eigenvalue weighted by Crippen LogP contribution is 2.17. The van der Waals surface area contributed by atoms with Crippen LogP contribution < -0.4 is 11.3 Å². The van der Waals surface area contributed by atoms with Crippen molar-refractivity contribution in [2.75, 3.05) is 20.6 Å². The maximum atomic E-state index is 12.2. The molecule has 118 valence electrons. The van der Waals surface area contributed by atoms with Crippen LogP contribution in [0.25, 0.3) is 0 Å². The fourth-order valence-electron chi connectivity index (χ4n) is 2.35. The van der Waals surface area contributed by atoms with E-state index in [9.17, 15) is 9.59 Å². The predicted octanol–water partition coefficient (Wildman–Crippen LogP) is 1.33. The van der Waals surface area contributed by atoms with Crippen molar-refractivity contribution < 1.29 is 4.79 Å². The molecule has 0 spiro atoms. The number of pyridine rings is 1. The summed E-state index contributed by atoms with van der Waals surface area (Å²) in [6.45, 7) is 6.85. The van der Waals surface area contributed by atoms with E-state index in [4.69, 9.17) is 5.73 Å². The Morgan fingerprint density at radius 1 is 1.38 bits per heavy atom. The van der Waals surface area contributed by atoms with Crippen LogP contribution in [0.1, 0.15) is 37.4 Å². The van der Waals surface area contributed by atoms with E-state index in [1.807, 2.05) is 34.9 Å². The number of nitrogens with zero attached hydrogens (tertiary/aromatic N) is 2. The third kappa shape index (κ3) is 5.01. The van der Waals surface area contributed by atoms with Gasteiger partial charge in [-0.15, -0.1) is 0 Å². The molecule has 0 aliphatic heterocycles. The first-order chi connectivity index (χ1) is 9.72. The molecule has 0 aliphatic carbocycles. The topological polar surface area (TPSA) is 68.3 Å². The van der Waals surface area contributed by atoms with Crippen LogP contribution >= 0.6 is 0 Å². The summed E-state index contributed by atoms with van der Waals surface area (Å²) in [5, 5.41) is 0. The average Bonchev–Trinajstić information content (AvgIpc) is 2.34. The van der Waals surface area contributed by atoms with Gasteiger partial charge >= 0.3 is 0 Å². The Kier molecular flexibility index (Phi) is 6.15.